The van der Waals surface area contributed by atoms with Crippen LogP contribution < -0.4 is 11.4 Å². The van der Waals surface area contributed by atoms with Crippen molar-refractivity contribution in [1.29, 1.82) is 0 Å². The first-order valence-electron chi connectivity index (χ1n) is 13.9. The molecule has 2 aromatic heterocycles. The molecule has 0 saturated carbocycles. The molecule has 4 rings (SSSR count). The van der Waals surface area contributed by atoms with Gasteiger partial charge >= 0.3 is 13.3 Å². The minimum absolute atomic E-state index is 0.00162. The largest absolute Gasteiger partial charge is 0.388 e. The molecule has 1 saturated heterocycles. The third kappa shape index (κ3) is 6.35. The molecule has 15 heteroatoms. The highest BCUT2D eigenvalue weighted by atomic mass is 31.2. The molecular formula is C27H39N6O8P. The van der Waals surface area contributed by atoms with E-state index in [1.54, 1.807) is 38.6 Å². The van der Waals surface area contributed by atoms with Gasteiger partial charge in [-0.2, -0.15) is 4.98 Å². The van der Waals surface area contributed by atoms with E-state index in [-0.39, 0.29) is 37.9 Å². The second kappa shape index (κ2) is 12.3. The molecule has 0 amide bonds. The fraction of sp³-hybridized carbons (Fsp3) is 0.556. The first kappa shape index (κ1) is 32.0. The van der Waals surface area contributed by atoms with Crippen molar-refractivity contribution < 1.29 is 34.0 Å². The molecule has 42 heavy (non-hydrogen) atoms. The summed E-state index contributed by atoms with van der Waals surface area (Å²) in [4.78, 5) is 27.4. The van der Waals surface area contributed by atoms with Crippen LogP contribution in [0.4, 0.5) is 5.82 Å². The zero-order chi connectivity index (χ0) is 30.9. The highest BCUT2D eigenvalue weighted by molar-refractivity contribution is 7.54. The SMILES string of the molecule is CCC(C)(CC1OC(n2cc(Cc3cn(-c4ccccc4)nn3)c(N)nc2=O)C(O)C1O)OP(=O)(O)C(O)(CC)CC. The Hall–Kier alpha value is -2.97. The first-order chi connectivity index (χ1) is 19.8. The second-order valence-corrected chi connectivity index (χ2v) is 12.9. The van der Waals surface area contributed by atoms with Gasteiger partial charge in [0.1, 0.15) is 18.0 Å². The van der Waals surface area contributed by atoms with Gasteiger partial charge in [-0.05, 0) is 38.3 Å². The number of para-hydroxylation sites is 1. The Morgan fingerprint density at radius 1 is 1.10 bits per heavy atom. The van der Waals surface area contributed by atoms with Crippen LogP contribution in [0.15, 0.2) is 47.5 Å². The Labute approximate surface area is 243 Å². The smallest absolute Gasteiger partial charge is 0.359 e. The molecule has 0 spiro atoms. The van der Waals surface area contributed by atoms with E-state index in [4.69, 9.17) is 15.0 Å². The Morgan fingerprint density at radius 3 is 2.38 bits per heavy atom. The van der Waals surface area contributed by atoms with E-state index < -0.39 is 48.8 Å². The summed E-state index contributed by atoms with van der Waals surface area (Å²) in [7, 11) is -4.53. The summed E-state index contributed by atoms with van der Waals surface area (Å²) >= 11 is 0. The van der Waals surface area contributed by atoms with Crippen molar-refractivity contribution in [2.75, 3.05) is 5.73 Å². The molecule has 230 valence electrons. The zero-order valence-corrected chi connectivity index (χ0v) is 25.0. The highest BCUT2D eigenvalue weighted by Gasteiger charge is 2.51. The molecule has 6 N–H and O–H groups in total. The van der Waals surface area contributed by atoms with Crippen LogP contribution in [0, 0.1) is 0 Å². The lowest BCUT2D eigenvalue weighted by Crippen LogP contribution is -2.40. The average molecular weight is 607 g/mol. The summed E-state index contributed by atoms with van der Waals surface area (Å²) in [6.07, 6.45) is -2.00. The van der Waals surface area contributed by atoms with Gasteiger partial charge in [0.05, 0.1) is 29.3 Å². The van der Waals surface area contributed by atoms with E-state index in [1.807, 2.05) is 30.3 Å². The molecule has 1 aromatic carbocycles. The summed E-state index contributed by atoms with van der Waals surface area (Å²) in [5, 5.41) is 38.8. The summed E-state index contributed by atoms with van der Waals surface area (Å²) < 4.78 is 27.3. The molecule has 1 aliphatic rings. The third-order valence-electron chi connectivity index (χ3n) is 7.99. The van der Waals surface area contributed by atoms with Crippen LogP contribution in [0.3, 0.4) is 0 Å². The van der Waals surface area contributed by atoms with E-state index in [2.05, 4.69) is 15.3 Å². The van der Waals surface area contributed by atoms with E-state index in [9.17, 15) is 29.6 Å². The van der Waals surface area contributed by atoms with Crippen molar-refractivity contribution in [2.45, 2.75) is 95.3 Å². The maximum Gasteiger partial charge on any atom is 0.359 e. The molecule has 3 heterocycles. The quantitative estimate of drug-likeness (QED) is 0.187. The molecule has 0 radical (unpaired) electrons. The molecule has 1 fully saturated rings. The minimum atomic E-state index is -4.53. The standard InChI is InChI=1S/C27H39N6O8P/c1-5-26(4,41-42(38,39)27(37,6-2)7-3)14-20-21(34)22(35)24(40-20)32-15-17(23(28)29-25(32)36)13-18-16-33(31-30-18)19-11-9-8-10-12-19/h8-12,15-16,20-22,24,34-35,37H,5-7,13-14H2,1-4H3,(H,38,39)(H2,28,29,36). The van der Waals surface area contributed by atoms with E-state index in [0.29, 0.717) is 11.3 Å². The van der Waals surface area contributed by atoms with Crippen LogP contribution in [0.2, 0.25) is 0 Å². The number of hydrogen-bond acceptors (Lipinski definition) is 11. The van der Waals surface area contributed by atoms with Crippen molar-refractivity contribution in [1.82, 2.24) is 24.5 Å². The maximum absolute atomic E-state index is 13.1. The number of nitrogen functional groups attached to an aromatic ring is 1. The number of rotatable bonds is 12. The fourth-order valence-corrected chi connectivity index (χ4v) is 6.72. The minimum Gasteiger partial charge on any atom is -0.388 e. The van der Waals surface area contributed by atoms with Gasteiger partial charge in [0.15, 0.2) is 11.6 Å². The number of ether oxygens (including phenoxy) is 1. The van der Waals surface area contributed by atoms with Crippen molar-refractivity contribution in [2.24, 2.45) is 0 Å². The normalized spacial score (nSPS) is 23.9. The van der Waals surface area contributed by atoms with Crippen molar-refractivity contribution >= 4 is 13.4 Å². The van der Waals surface area contributed by atoms with Crippen molar-refractivity contribution in [3.8, 4) is 5.69 Å². The van der Waals surface area contributed by atoms with E-state index >= 15 is 0 Å². The van der Waals surface area contributed by atoms with Crippen LogP contribution in [-0.4, -0.2) is 74.0 Å². The third-order valence-corrected chi connectivity index (χ3v) is 10.4. The predicted octanol–water partition coefficient (Wildman–Crippen LogP) is 1.89. The van der Waals surface area contributed by atoms with Gasteiger partial charge in [-0.3, -0.25) is 9.13 Å². The van der Waals surface area contributed by atoms with Crippen LogP contribution >= 0.6 is 7.60 Å². The second-order valence-electron chi connectivity index (χ2n) is 10.9. The van der Waals surface area contributed by atoms with Gasteiger partial charge in [0.25, 0.3) is 0 Å². The zero-order valence-electron chi connectivity index (χ0n) is 24.1. The number of hydrogen-bond donors (Lipinski definition) is 5. The predicted molar refractivity (Wildman–Crippen MR) is 153 cm³/mol. The highest BCUT2D eigenvalue weighted by Crippen LogP contribution is 2.60. The van der Waals surface area contributed by atoms with Crippen molar-refractivity contribution in [3.05, 3.63) is 64.5 Å². The summed E-state index contributed by atoms with van der Waals surface area (Å²) in [6.45, 7) is 6.46. The van der Waals surface area contributed by atoms with Crippen molar-refractivity contribution in [3.63, 3.8) is 0 Å². The number of nitrogens with zero attached hydrogens (tertiary/aromatic N) is 5. The summed E-state index contributed by atoms with van der Waals surface area (Å²) in [5.74, 6) is -0.0277. The van der Waals surface area contributed by atoms with E-state index in [0.717, 1.165) is 10.3 Å². The molecule has 6 atom stereocenters. The van der Waals surface area contributed by atoms with Gasteiger partial charge < -0.3 is 35.2 Å². The molecule has 3 aromatic rings. The molecule has 1 aliphatic heterocycles. The Bertz CT molecular complexity index is 1480. The van der Waals surface area contributed by atoms with Gasteiger partial charge in [-0.25, -0.2) is 9.48 Å². The number of aliphatic hydroxyl groups excluding tert-OH is 2. The molecule has 14 nitrogen and oxygen atoms in total. The molecule has 0 bridgehead atoms. The van der Waals surface area contributed by atoms with Crippen LogP contribution in [0.1, 0.15) is 70.9 Å². The average Bonchev–Trinajstić information content (AvgIpc) is 3.54. The lowest BCUT2D eigenvalue weighted by Gasteiger charge is -2.38. The van der Waals surface area contributed by atoms with Gasteiger partial charge in [0, 0.05) is 24.6 Å². The number of nitrogens with two attached hydrogens (primary N) is 1. The van der Waals surface area contributed by atoms with Gasteiger partial charge in [0.2, 0.25) is 0 Å². The maximum atomic E-state index is 13.1. The monoisotopic (exact) mass is 606 g/mol. The number of benzene rings is 1. The van der Waals surface area contributed by atoms with E-state index in [1.165, 1.54) is 6.20 Å². The fourth-order valence-electron chi connectivity index (χ4n) is 4.95. The molecule has 0 aliphatic carbocycles. The summed E-state index contributed by atoms with van der Waals surface area (Å²) in [5.41, 5.74) is 5.71. The lowest BCUT2D eigenvalue weighted by molar-refractivity contribution is -0.0721. The number of aliphatic hydroxyl groups is 3. The Kier molecular flexibility index (Phi) is 9.38. The Balaban J connectivity index is 1.55. The van der Waals surface area contributed by atoms with Gasteiger partial charge in [-0.1, -0.05) is 44.2 Å². The molecule has 6 unspecified atom stereocenters. The number of aromatic nitrogens is 5. The van der Waals surface area contributed by atoms with Crippen LogP contribution in [0.5, 0.6) is 0 Å². The topological polar surface area (TPSA) is 208 Å². The van der Waals surface area contributed by atoms with Crippen LogP contribution in [0.25, 0.3) is 5.69 Å². The summed E-state index contributed by atoms with van der Waals surface area (Å²) in [6, 6.07) is 9.37. The van der Waals surface area contributed by atoms with Gasteiger partial charge in [-0.15, -0.1) is 5.10 Å². The first-order valence-corrected chi connectivity index (χ1v) is 15.5. The molecular weight excluding hydrogens is 567 g/mol. The Morgan fingerprint density at radius 2 is 1.76 bits per heavy atom. The van der Waals surface area contributed by atoms with Crippen LogP contribution in [-0.2, 0) is 20.2 Å². The number of anilines is 1. The lowest BCUT2D eigenvalue weighted by atomic mass is 9.93.